The Morgan fingerprint density at radius 3 is 2.02 bits per heavy atom. The van der Waals surface area contributed by atoms with Gasteiger partial charge in [0.25, 0.3) is 0 Å². The molecule has 1 saturated heterocycles. The summed E-state index contributed by atoms with van der Waals surface area (Å²) in [6.07, 6.45) is -5.06. The van der Waals surface area contributed by atoms with E-state index in [2.05, 4.69) is 16.4 Å². The number of aromatic nitrogens is 2. The second-order valence-electron chi connectivity index (χ2n) is 13.9. The number of rotatable bonds is 17. The van der Waals surface area contributed by atoms with E-state index in [1.165, 1.54) is 19.2 Å². The van der Waals surface area contributed by atoms with Gasteiger partial charge >= 0.3 is 13.6 Å². The first kappa shape index (κ1) is 42.4. The van der Waals surface area contributed by atoms with E-state index in [4.69, 9.17) is 23.5 Å². The van der Waals surface area contributed by atoms with Crippen LogP contribution in [0.2, 0.25) is 0 Å². The Morgan fingerprint density at radius 1 is 0.982 bits per heavy atom. The van der Waals surface area contributed by atoms with Gasteiger partial charge in [0.2, 0.25) is 5.91 Å². The molecule has 0 aliphatic carbocycles. The summed E-state index contributed by atoms with van der Waals surface area (Å²) in [5.74, 6) is 0.820. The van der Waals surface area contributed by atoms with Crippen molar-refractivity contribution in [1.82, 2.24) is 14.2 Å². The lowest BCUT2D eigenvalue weighted by molar-refractivity contribution is -0.114. The van der Waals surface area contributed by atoms with Gasteiger partial charge in [0, 0.05) is 25.2 Å². The summed E-state index contributed by atoms with van der Waals surface area (Å²) in [7, 11) is -0.529. The van der Waals surface area contributed by atoms with Gasteiger partial charge in [0.05, 0.1) is 33.3 Å². The molecule has 1 unspecified atom stereocenters. The zero-order chi connectivity index (χ0) is 40.6. The number of alkyl halides is 1. The highest BCUT2D eigenvalue weighted by atomic mass is 31.2. The van der Waals surface area contributed by atoms with E-state index in [1.807, 2.05) is 107 Å². The molecule has 3 aromatic carbocycles. The maximum Gasteiger partial charge on any atom is 0.351 e. The molecule has 1 amide bonds. The Hall–Kier alpha value is -4.74. The van der Waals surface area contributed by atoms with Crippen molar-refractivity contribution in [2.75, 3.05) is 32.3 Å². The van der Waals surface area contributed by atoms with Crippen LogP contribution in [-0.4, -0.2) is 82.5 Å². The van der Waals surface area contributed by atoms with Crippen molar-refractivity contribution >= 4 is 19.6 Å². The van der Waals surface area contributed by atoms with Gasteiger partial charge in [0.15, 0.2) is 18.5 Å². The number of benzene rings is 3. The van der Waals surface area contributed by atoms with Crippen molar-refractivity contribution in [3.63, 3.8) is 0 Å². The second kappa shape index (κ2) is 18.5. The number of nitriles is 1. The van der Waals surface area contributed by atoms with Crippen LogP contribution in [0.4, 0.5) is 10.2 Å². The molecule has 298 valence electrons. The minimum atomic E-state index is -3.69. The Balaban J connectivity index is 1.65. The maximum absolute atomic E-state index is 17.2. The summed E-state index contributed by atoms with van der Waals surface area (Å²) >= 11 is 0. The predicted molar refractivity (Wildman–Crippen MR) is 211 cm³/mol. The number of nitrogens with zero attached hydrogens (tertiary/aromatic N) is 4. The number of amides is 1. The van der Waals surface area contributed by atoms with Crippen LogP contribution in [0.5, 0.6) is 11.5 Å². The Bertz CT molecular complexity index is 1960. The smallest absolute Gasteiger partial charge is 0.351 e. The van der Waals surface area contributed by atoms with Crippen molar-refractivity contribution in [2.45, 2.75) is 83.3 Å². The molecule has 4 aromatic rings. The van der Waals surface area contributed by atoms with Crippen LogP contribution in [0.15, 0.2) is 95.9 Å². The minimum absolute atomic E-state index is 0.00669. The third-order valence-corrected chi connectivity index (χ3v) is 12.6. The standard InChI is InChI=1S/C41H49FN5O8P/c1-27(2)47(28(3)4)56(50,25-11-23-43)55-38-35(54-39(37(38)42)46-24-22-36(44-29(5)48)45-40(46)49)26-53-41(30-12-9-8-10-13-30,31-14-18-33(51-6)19-15-31)32-16-20-34(52-7)21-17-32/h8-10,12-22,24,27-28,35,37-39,50H,11,25-26H2,1-7H3/p+1/t35-,37-,38-,39-,56?/m1/s1. The van der Waals surface area contributed by atoms with E-state index in [1.54, 1.807) is 18.9 Å². The van der Waals surface area contributed by atoms with E-state index < -0.39 is 49.7 Å². The third-order valence-electron chi connectivity index (χ3n) is 9.54. The van der Waals surface area contributed by atoms with Gasteiger partial charge in [-0.2, -0.15) is 14.8 Å². The van der Waals surface area contributed by atoms with Gasteiger partial charge in [0.1, 0.15) is 35.2 Å². The molecule has 2 N–H and O–H groups in total. The van der Waals surface area contributed by atoms with Crippen LogP contribution < -0.4 is 20.5 Å². The van der Waals surface area contributed by atoms with Crippen molar-refractivity contribution in [2.24, 2.45) is 0 Å². The van der Waals surface area contributed by atoms with Crippen molar-refractivity contribution in [1.29, 1.82) is 5.26 Å². The van der Waals surface area contributed by atoms with Crippen LogP contribution >= 0.6 is 7.87 Å². The van der Waals surface area contributed by atoms with Crippen LogP contribution in [0, 0.1) is 11.3 Å². The molecule has 13 nitrogen and oxygen atoms in total. The van der Waals surface area contributed by atoms with Crippen LogP contribution in [0.3, 0.4) is 0 Å². The molecular formula is C41H50FN5O8P+. The number of hydrogen-bond acceptors (Lipinski definition) is 11. The van der Waals surface area contributed by atoms with E-state index >= 15 is 4.39 Å². The summed E-state index contributed by atoms with van der Waals surface area (Å²) in [4.78, 5) is 41.3. The topological polar surface area (TPSA) is 157 Å². The Labute approximate surface area is 327 Å². The van der Waals surface area contributed by atoms with E-state index in [-0.39, 0.29) is 37.1 Å². The van der Waals surface area contributed by atoms with Crippen LogP contribution in [0.1, 0.15) is 64.0 Å². The maximum atomic E-state index is 17.2. The number of halogens is 1. The fourth-order valence-electron chi connectivity index (χ4n) is 7.25. The first-order valence-electron chi connectivity index (χ1n) is 18.4. The number of carbonyl (C=O) groups is 1. The Kier molecular flexibility index (Phi) is 14.0. The van der Waals surface area contributed by atoms with Crippen LogP contribution in [0.25, 0.3) is 0 Å². The van der Waals surface area contributed by atoms with Gasteiger partial charge < -0.3 is 24.3 Å². The van der Waals surface area contributed by atoms with E-state index in [0.29, 0.717) is 11.5 Å². The first-order valence-corrected chi connectivity index (χ1v) is 20.2. The predicted octanol–water partition coefficient (Wildman–Crippen LogP) is 6.64. The molecule has 1 aliphatic rings. The molecule has 15 heteroatoms. The average Bonchev–Trinajstić information content (AvgIpc) is 3.47. The average molecular weight is 791 g/mol. The summed E-state index contributed by atoms with van der Waals surface area (Å²) < 4.78 is 50.9. The Morgan fingerprint density at radius 2 is 1.54 bits per heavy atom. The quantitative estimate of drug-likeness (QED) is 0.0874. The fourth-order valence-corrected chi connectivity index (χ4v) is 10.2. The first-order chi connectivity index (χ1) is 26.8. The zero-order valence-electron chi connectivity index (χ0n) is 32.7. The summed E-state index contributed by atoms with van der Waals surface area (Å²) in [6.45, 7) is 8.55. The molecule has 0 bridgehead atoms. The molecule has 56 heavy (non-hydrogen) atoms. The molecule has 1 aliphatic heterocycles. The third kappa shape index (κ3) is 9.10. The fraction of sp³-hybridized carbons (Fsp3) is 0.415. The lowest BCUT2D eigenvalue weighted by Crippen LogP contribution is -2.44. The largest absolute Gasteiger partial charge is 0.497 e. The highest BCUT2D eigenvalue weighted by Crippen LogP contribution is 2.64. The molecule has 5 atom stereocenters. The highest BCUT2D eigenvalue weighted by Gasteiger charge is 2.58. The number of hydrogen-bond donors (Lipinski definition) is 2. The monoisotopic (exact) mass is 790 g/mol. The van der Waals surface area contributed by atoms with Gasteiger partial charge in [-0.05, 0) is 74.7 Å². The van der Waals surface area contributed by atoms with Gasteiger partial charge in [-0.1, -0.05) is 54.6 Å². The van der Waals surface area contributed by atoms with Gasteiger partial charge in [-0.25, -0.2) is 14.1 Å². The summed E-state index contributed by atoms with van der Waals surface area (Å²) in [6, 6.07) is 27.3. The molecule has 1 fully saturated rings. The summed E-state index contributed by atoms with van der Waals surface area (Å²) in [5.41, 5.74) is -0.00574. The van der Waals surface area contributed by atoms with Crippen molar-refractivity contribution < 1.29 is 37.5 Å². The molecule has 0 saturated carbocycles. The summed E-state index contributed by atoms with van der Waals surface area (Å²) in [5, 5.41) is 12.0. The zero-order valence-corrected chi connectivity index (χ0v) is 33.6. The van der Waals surface area contributed by atoms with Gasteiger partial charge in [-0.15, -0.1) is 4.67 Å². The molecule has 0 radical (unpaired) electrons. The van der Waals surface area contributed by atoms with Crippen LogP contribution in [-0.2, 0) is 24.4 Å². The second-order valence-corrected chi connectivity index (χ2v) is 16.4. The molecule has 1 aromatic heterocycles. The van der Waals surface area contributed by atoms with E-state index in [9.17, 15) is 19.7 Å². The highest BCUT2D eigenvalue weighted by molar-refractivity contribution is 7.63. The molecular weight excluding hydrogens is 740 g/mol. The number of anilines is 1. The molecule has 0 spiro atoms. The number of nitrogens with one attached hydrogen (secondary N) is 1. The van der Waals surface area contributed by atoms with Gasteiger partial charge in [-0.3, -0.25) is 9.36 Å². The number of ether oxygens (including phenoxy) is 4. The number of carbonyl (C=O) groups excluding carboxylic acids is 1. The van der Waals surface area contributed by atoms with Crippen molar-refractivity contribution in [3.05, 3.63) is 118 Å². The van der Waals surface area contributed by atoms with E-state index in [0.717, 1.165) is 21.3 Å². The minimum Gasteiger partial charge on any atom is -0.497 e. The SMILES string of the molecule is COc1ccc(C(OC[C@H]2O[C@@H](n3ccc(NC(C)=O)nc3=O)[C@H](F)[C@@H]2O[P+](O)(CCC#N)N(C(C)C)C(C)C)(c2ccccc2)c2ccc(OC)cc2)cc1. The normalized spacial score (nSPS) is 19.5. The lowest BCUT2D eigenvalue weighted by atomic mass is 9.80. The lowest BCUT2D eigenvalue weighted by Gasteiger charge is -2.38. The molecule has 5 rings (SSSR count). The molecule has 2 heterocycles. The number of methoxy groups -OCH3 is 2. The van der Waals surface area contributed by atoms with Crippen molar-refractivity contribution in [3.8, 4) is 17.6 Å².